The van der Waals surface area contributed by atoms with Gasteiger partial charge in [0.2, 0.25) is 0 Å². The SMILES string of the molecule is O=c1[nH]nc2c3c(cccc13)NC(COc1ccccc1)N2. The number of nitrogens with zero attached hydrogens (tertiary/aromatic N) is 1. The fourth-order valence-electron chi connectivity index (χ4n) is 2.61. The molecule has 0 fully saturated rings. The zero-order valence-electron chi connectivity index (χ0n) is 11.7. The summed E-state index contributed by atoms with van der Waals surface area (Å²) < 4.78 is 5.76. The maximum Gasteiger partial charge on any atom is 0.272 e. The van der Waals surface area contributed by atoms with Gasteiger partial charge in [-0.05, 0) is 24.3 Å². The first kappa shape index (κ1) is 12.7. The van der Waals surface area contributed by atoms with E-state index in [1.807, 2.05) is 42.5 Å². The Morgan fingerprint density at radius 2 is 1.91 bits per heavy atom. The summed E-state index contributed by atoms with van der Waals surface area (Å²) in [6.45, 7) is 0.431. The van der Waals surface area contributed by atoms with Crippen LogP contribution < -0.4 is 20.9 Å². The average Bonchev–Trinajstić information content (AvgIpc) is 2.57. The van der Waals surface area contributed by atoms with Crippen LogP contribution in [-0.2, 0) is 0 Å². The van der Waals surface area contributed by atoms with Gasteiger partial charge in [0, 0.05) is 5.69 Å². The summed E-state index contributed by atoms with van der Waals surface area (Å²) in [7, 11) is 0. The molecule has 0 aliphatic carbocycles. The summed E-state index contributed by atoms with van der Waals surface area (Å²) in [6.07, 6.45) is -0.128. The van der Waals surface area contributed by atoms with Crippen molar-refractivity contribution in [1.82, 2.24) is 10.2 Å². The second-order valence-electron chi connectivity index (χ2n) is 5.09. The Kier molecular flexibility index (Phi) is 2.93. The number of hydrogen-bond donors (Lipinski definition) is 3. The molecule has 6 nitrogen and oxygen atoms in total. The number of ether oxygens (including phenoxy) is 1. The second-order valence-corrected chi connectivity index (χ2v) is 5.09. The first-order valence-corrected chi connectivity index (χ1v) is 7.03. The zero-order chi connectivity index (χ0) is 14.9. The maximum atomic E-state index is 11.8. The smallest absolute Gasteiger partial charge is 0.272 e. The molecule has 0 saturated carbocycles. The van der Waals surface area contributed by atoms with E-state index in [4.69, 9.17) is 4.74 Å². The summed E-state index contributed by atoms with van der Waals surface area (Å²) in [5, 5.41) is 14.6. The number of anilines is 2. The van der Waals surface area contributed by atoms with E-state index in [2.05, 4.69) is 20.8 Å². The summed E-state index contributed by atoms with van der Waals surface area (Å²) in [5.41, 5.74) is 0.690. The standard InChI is InChI=1S/C16H14N4O2/c21-16-11-7-4-8-12-14(11)15(19-20-16)18-13(17-12)9-22-10-5-2-1-3-6-10/h1-8,13,17H,9H2,(H,18,19)(H,20,21). The number of benzene rings is 2. The zero-order valence-corrected chi connectivity index (χ0v) is 11.7. The molecule has 6 heteroatoms. The Labute approximate surface area is 126 Å². The van der Waals surface area contributed by atoms with Crippen molar-refractivity contribution in [1.29, 1.82) is 0 Å². The summed E-state index contributed by atoms with van der Waals surface area (Å²) in [5.74, 6) is 1.47. The Morgan fingerprint density at radius 1 is 1.05 bits per heavy atom. The van der Waals surface area contributed by atoms with E-state index < -0.39 is 0 Å². The highest BCUT2D eigenvalue weighted by molar-refractivity contribution is 6.02. The number of para-hydroxylation sites is 1. The van der Waals surface area contributed by atoms with Crippen LogP contribution in [0.3, 0.4) is 0 Å². The molecule has 0 spiro atoms. The number of aromatic nitrogens is 2. The lowest BCUT2D eigenvalue weighted by Gasteiger charge is -2.28. The van der Waals surface area contributed by atoms with Crippen LogP contribution in [0.4, 0.5) is 11.5 Å². The summed E-state index contributed by atoms with van der Waals surface area (Å²) >= 11 is 0. The van der Waals surface area contributed by atoms with Crippen LogP contribution >= 0.6 is 0 Å². The molecule has 22 heavy (non-hydrogen) atoms. The molecule has 1 unspecified atom stereocenters. The molecule has 2 aromatic carbocycles. The first-order chi connectivity index (χ1) is 10.8. The molecular formula is C16H14N4O2. The van der Waals surface area contributed by atoms with Gasteiger partial charge in [0.05, 0.1) is 10.8 Å². The van der Waals surface area contributed by atoms with Crippen molar-refractivity contribution in [3.63, 3.8) is 0 Å². The van der Waals surface area contributed by atoms with Gasteiger partial charge in [-0.1, -0.05) is 24.3 Å². The molecule has 0 bridgehead atoms. The van der Waals surface area contributed by atoms with E-state index >= 15 is 0 Å². The Hall–Kier alpha value is -3.02. The molecule has 1 atom stereocenters. The molecule has 1 aliphatic rings. The van der Waals surface area contributed by atoms with Gasteiger partial charge in [0.15, 0.2) is 5.82 Å². The molecule has 3 N–H and O–H groups in total. The predicted molar refractivity (Wildman–Crippen MR) is 85.3 cm³/mol. The van der Waals surface area contributed by atoms with Crippen molar-refractivity contribution in [3.8, 4) is 5.75 Å². The van der Waals surface area contributed by atoms with Crippen LogP contribution in [0.5, 0.6) is 5.75 Å². The normalized spacial score (nSPS) is 15.9. The molecular weight excluding hydrogens is 280 g/mol. The van der Waals surface area contributed by atoms with Gasteiger partial charge in [-0.25, -0.2) is 5.10 Å². The van der Waals surface area contributed by atoms with Gasteiger partial charge < -0.3 is 15.4 Å². The molecule has 0 radical (unpaired) electrons. The van der Waals surface area contributed by atoms with Crippen LogP contribution in [0.2, 0.25) is 0 Å². The average molecular weight is 294 g/mol. The minimum absolute atomic E-state index is 0.128. The minimum atomic E-state index is -0.191. The maximum absolute atomic E-state index is 11.8. The van der Waals surface area contributed by atoms with E-state index in [-0.39, 0.29) is 11.7 Å². The van der Waals surface area contributed by atoms with Crippen LogP contribution in [0.15, 0.2) is 53.3 Å². The van der Waals surface area contributed by atoms with Crippen molar-refractivity contribution in [3.05, 3.63) is 58.9 Å². The van der Waals surface area contributed by atoms with E-state index in [0.717, 1.165) is 16.8 Å². The van der Waals surface area contributed by atoms with Gasteiger partial charge in [-0.15, -0.1) is 0 Å². The van der Waals surface area contributed by atoms with Gasteiger partial charge in [-0.2, -0.15) is 5.10 Å². The highest BCUT2D eigenvalue weighted by Gasteiger charge is 2.21. The van der Waals surface area contributed by atoms with Crippen LogP contribution in [0.25, 0.3) is 10.8 Å². The second kappa shape index (κ2) is 5.07. The van der Waals surface area contributed by atoms with E-state index in [1.54, 1.807) is 6.07 Å². The lowest BCUT2D eigenvalue weighted by molar-refractivity contribution is 0.306. The van der Waals surface area contributed by atoms with Crippen molar-refractivity contribution >= 4 is 22.3 Å². The third-order valence-corrected chi connectivity index (χ3v) is 3.62. The number of rotatable bonds is 3. The first-order valence-electron chi connectivity index (χ1n) is 7.03. The monoisotopic (exact) mass is 294 g/mol. The van der Waals surface area contributed by atoms with Crippen LogP contribution in [0, 0.1) is 0 Å². The van der Waals surface area contributed by atoms with Crippen LogP contribution in [-0.4, -0.2) is 23.0 Å². The fourth-order valence-corrected chi connectivity index (χ4v) is 2.61. The molecule has 0 saturated heterocycles. The largest absolute Gasteiger partial charge is 0.489 e. The fraction of sp³-hybridized carbons (Fsp3) is 0.125. The third kappa shape index (κ3) is 2.14. The molecule has 0 amide bonds. The molecule has 3 aromatic rings. The quantitative estimate of drug-likeness (QED) is 0.690. The summed E-state index contributed by atoms with van der Waals surface area (Å²) in [6, 6.07) is 15.2. The van der Waals surface area contributed by atoms with E-state index in [0.29, 0.717) is 17.8 Å². The topological polar surface area (TPSA) is 79.0 Å². The predicted octanol–water partition coefficient (Wildman–Crippen LogP) is 2.17. The van der Waals surface area contributed by atoms with Gasteiger partial charge >= 0.3 is 0 Å². The number of hydrogen-bond acceptors (Lipinski definition) is 5. The van der Waals surface area contributed by atoms with E-state index in [1.165, 1.54) is 0 Å². The Balaban J connectivity index is 1.60. The lowest BCUT2D eigenvalue weighted by atomic mass is 10.1. The number of H-pyrrole nitrogens is 1. The minimum Gasteiger partial charge on any atom is -0.489 e. The van der Waals surface area contributed by atoms with Crippen molar-refractivity contribution in [2.75, 3.05) is 17.2 Å². The molecule has 1 aromatic heterocycles. The molecule has 2 heterocycles. The third-order valence-electron chi connectivity index (χ3n) is 3.62. The van der Waals surface area contributed by atoms with Gasteiger partial charge in [0.25, 0.3) is 5.56 Å². The molecule has 4 rings (SSSR count). The number of aromatic amines is 1. The molecule has 110 valence electrons. The number of nitrogens with one attached hydrogen (secondary N) is 3. The van der Waals surface area contributed by atoms with Gasteiger partial charge in [-0.3, -0.25) is 4.79 Å². The summed E-state index contributed by atoms with van der Waals surface area (Å²) in [4.78, 5) is 11.8. The van der Waals surface area contributed by atoms with Crippen LogP contribution in [0.1, 0.15) is 0 Å². The Bertz CT molecular complexity index is 864. The lowest BCUT2D eigenvalue weighted by Crippen LogP contribution is -2.38. The van der Waals surface area contributed by atoms with E-state index in [9.17, 15) is 4.79 Å². The van der Waals surface area contributed by atoms with Crippen molar-refractivity contribution in [2.24, 2.45) is 0 Å². The highest BCUT2D eigenvalue weighted by atomic mass is 16.5. The Morgan fingerprint density at radius 3 is 2.77 bits per heavy atom. The highest BCUT2D eigenvalue weighted by Crippen LogP contribution is 2.31. The van der Waals surface area contributed by atoms with Crippen molar-refractivity contribution in [2.45, 2.75) is 6.17 Å². The van der Waals surface area contributed by atoms with Gasteiger partial charge in [0.1, 0.15) is 18.5 Å². The van der Waals surface area contributed by atoms with Crippen molar-refractivity contribution < 1.29 is 4.74 Å². The molecule has 1 aliphatic heterocycles.